The zero-order valence-electron chi connectivity index (χ0n) is 12.8. The van der Waals surface area contributed by atoms with Gasteiger partial charge in [-0.3, -0.25) is 4.68 Å². The van der Waals surface area contributed by atoms with Gasteiger partial charge in [0.2, 0.25) is 11.7 Å². The lowest BCUT2D eigenvalue weighted by Gasteiger charge is -2.07. The van der Waals surface area contributed by atoms with Gasteiger partial charge in [0, 0.05) is 23.5 Å². The van der Waals surface area contributed by atoms with Gasteiger partial charge >= 0.3 is 0 Å². The van der Waals surface area contributed by atoms with Crippen molar-refractivity contribution in [3.63, 3.8) is 0 Å². The average molecular weight is 297 g/mol. The zero-order chi connectivity index (χ0) is 15.1. The van der Waals surface area contributed by atoms with Crippen molar-refractivity contribution in [3.8, 4) is 11.4 Å². The zero-order valence-corrected chi connectivity index (χ0v) is 12.8. The lowest BCUT2D eigenvalue weighted by molar-refractivity contribution is 0.359. The van der Waals surface area contributed by atoms with Gasteiger partial charge in [-0.25, -0.2) is 0 Å². The second-order valence-corrected chi connectivity index (χ2v) is 6.10. The van der Waals surface area contributed by atoms with Gasteiger partial charge in [0.1, 0.15) is 0 Å². The van der Waals surface area contributed by atoms with E-state index >= 15 is 0 Å². The van der Waals surface area contributed by atoms with Gasteiger partial charge < -0.3 is 9.84 Å². The van der Waals surface area contributed by atoms with Crippen molar-refractivity contribution in [2.75, 3.05) is 13.1 Å². The first kappa shape index (κ1) is 13.5. The van der Waals surface area contributed by atoms with E-state index in [0.29, 0.717) is 17.8 Å². The highest BCUT2D eigenvalue weighted by Crippen LogP contribution is 2.27. The third-order valence-corrected chi connectivity index (χ3v) is 4.20. The smallest absolute Gasteiger partial charge is 0.231 e. The van der Waals surface area contributed by atoms with Crippen LogP contribution in [-0.2, 0) is 0 Å². The summed E-state index contributed by atoms with van der Waals surface area (Å²) in [5.41, 5.74) is 2.07. The molecule has 1 aromatic carbocycles. The van der Waals surface area contributed by atoms with Crippen LogP contribution >= 0.6 is 0 Å². The lowest BCUT2D eigenvalue weighted by Crippen LogP contribution is -2.08. The van der Waals surface area contributed by atoms with E-state index < -0.39 is 0 Å². The van der Waals surface area contributed by atoms with Crippen LogP contribution in [0.5, 0.6) is 0 Å². The summed E-state index contributed by atoms with van der Waals surface area (Å²) in [7, 11) is 0. The predicted octanol–water partition coefficient (Wildman–Crippen LogP) is 2.74. The molecule has 114 valence electrons. The van der Waals surface area contributed by atoms with E-state index in [1.54, 1.807) is 0 Å². The van der Waals surface area contributed by atoms with Gasteiger partial charge in [0.05, 0.1) is 17.6 Å². The average Bonchev–Trinajstić information content (AvgIpc) is 3.25. The maximum absolute atomic E-state index is 5.45. The SMILES string of the molecule is CC(C)n1ncc2ccc(-c3noc(C4CCNC4)n3)cc21. The largest absolute Gasteiger partial charge is 0.339 e. The Morgan fingerprint density at radius 3 is 3.05 bits per heavy atom. The van der Waals surface area contributed by atoms with Gasteiger partial charge in [-0.05, 0) is 32.9 Å². The summed E-state index contributed by atoms with van der Waals surface area (Å²) in [6.07, 6.45) is 2.95. The minimum atomic E-state index is 0.318. The normalized spacial score (nSPS) is 18.6. The Kier molecular flexibility index (Phi) is 3.18. The third-order valence-electron chi connectivity index (χ3n) is 4.20. The minimum absolute atomic E-state index is 0.318. The van der Waals surface area contributed by atoms with Crippen molar-refractivity contribution in [1.29, 1.82) is 0 Å². The van der Waals surface area contributed by atoms with Crippen molar-refractivity contribution in [3.05, 3.63) is 30.3 Å². The Labute approximate surface area is 128 Å². The molecule has 3 aromatic rings. The molecule has 4 rings (SSSR count). The Hall–Kier alpha value is -2.21. The van der Waals surface area contributed by atoms with Crippen molar-refractivity contribution in [2.24, 2.45) is 0 Å². The van der Waals surface area contributed by atoms with Crippen LogP contribution in [0.3, 0.4) is 0 Å². The molecule has 0 bridgehead atoms. The molecule has 6 heteroatoms. The number of aromatic nitrogens is 4. The van der Waals surface area contributed by atoms with Crippen LogP contribution in [0.2, 0.25) is 0 Å². The number of fused-ring (bicyclic) bond motifs is 1. The number of hydrogen-bond acceptors (Lipinski definition) is 5. The van der Waals surface area contributed by atoms with Crippen LogP contribution < -0.4 is 5.32 Å². The van der Waals surface area contributed by atoms with Crippen molar-refractivity contribution >= 4 is 10.9 Å². The number of benzene rings is 1. The highest BCUT2D eigenvalue weighted by atomic mass is 16.5. The van der Waals surface area contributed by atoms with Crippen LogP contribution in [0.15, 0.2) is 28.9 Å². The molecule has 22 heavy (non-hydrogen) atoms. The minimum Gasteiger partial charge on any atom is -0.339 e. The first-order chi connectivity index (χ1) is 10.7. The molecule has 1 atom stereocenters. The van der Waals surface area contributed by atoms with E-state index in [-0.39, 0.29) is 0 Å². The van der Waals surface area contributed by atoms with E-state index in [1.807, 2.05) is 16.9 Å². The summed E-state index contributed by atoms with van der Waals surface area (Å²) in [5, 5.41) is 13.0. The molecule has 2 aromatic heterocycles. The Morgan fingerprint density at radius 2 is 2.27 bits per heavy atom. The number of nitrogens with one attached hydrogen (secondary N) is 1. The van der Waals surface area contributed by atoms with E-state index in [9.17, 15) is 0 Å². The molecule has 3 heterocycles. The highest BCUT2D eigenvalue weighted by Gasteiger charge is 2.23. The molecule has 1 N–H and O–H groups in total. The van der Waals surface area contributed by atoms with E-state index in [2.05, 4.69) is 46.5 Å². The molecular formula is C16H19N5O. The van der Waals surface area contributed by atoms with Crippen molar-refractivity contribution < 1.29 is 4.52 Å². The molecule has 0 amide bonds. The third kappa shape index (κ3) is 2.20. The van der Waals surface area contributed by atoms with E-state index in [0.717, 1.165) is 41.9 Å². The van der Waals surface area contributed by atoms with Gasteiger partial charge in [-0.15, -0.1) is 0 Å². The molecule has 0 radical (unpaired) electrons. The Bertz CT molecular complexity index is 798. The van der Waals surface area contributed by atoms with Crippen molar-refractivity contribution in [1.82, 2.24) is 25.2 Å². The summed E-state index contributed by atoms with van der Waals surface area (Å²) in [5.74, 6) is 1.73. The standard InChI is InChI=1S/C16H19N5O/c1-10(2)21-14-7-11(3-4-12(14)9-18-21)15-19-16(22-20-15)13-5-6-17-8-13/h3-4,7,9-10,13,17H,5-6,8H2,1-2H3. The second-order valence-electron chi connectivity index (χ2n) is 6.10. The lowest BCUT2D eigenvalue weighted by atomic mass is 10.1. The highest BCUT2D eigenvalue weighted by molar-refractivity contribution is 5.83. The topological polar surface area (TPSA) is 68.8 Å². The number of rotatable bonds is 3. The number of hydrogen-bond donors (Lipinski definition) is 1. The van der Waals surface area contributed by atoms with Gasteiger partial charge in [0.15, 0.2) is 0 Å². The fourth-order valence-electron chi connectivity index (χ4n) is 2.97. The fourth-order valence-corrected chi connectivity index (χ4v) is 2.97. The molecule has 6 nitrogen and oxygen atoms in total. The molecule has 0 spiro atoms. The molecule has 1 saturated heterocycles. The first-order valence-electron chi connectivity index (χ1n) is 7.74. The molecule has 0 aliphatic carbocycles. The van der Waals surface area contributed by atoms with Gasteiger partial charge in [-0.1, -0.05) is 17.3 Å². The summed E-state index contributed by atoms with van der Waals surface area (Å²) < 4.78 is 7.47. The van der Waals surface area contributed by atoms with Crippen LogP contribution in [0, 0.1) is 0 Å². The van der Waals surface area contributed by atoms with Gasteiger partial charge in [0.25, 0.3) is 0 Å². The van der Waals surface area contributed by atoms with E-state index in [4.69, 9.17) is 4.52 Å². The Morgan fingerprint density at radius 1 is 1.36 bits per heavy atom. The maximum atomic E-state index is 5.45. The van der Waals surface area contributed by atoms with Crippen LogP contribution in [0.4, 0.5) is 0 Å². The summed E-state index contributed by atoms with van der Waals surface area (Å²) >= 11 is 0. The molecule has 1 aliphatic heterocycles. The number of nitrogens with zero attached hydrogens (tertiary/aromatic N) is 4. The van der Waals surface area contributed by atoms with Crippen LogP contribution in [0.25, 0.3) is 22.3 Å². The fraction of sp³-hybridized carbons (Fsp3) is 0.438. The summed E-state index contributed by atoms with van der Waals surface area (Å²) in [6, 6.07) is 6.49. The van der Waals surface area contributed by atoms with Crippen LogP contribution in [0.1, 0.15) is 38.1 Å². The predicted molar refractivity (Wildman–Crippen MR) is 83.6 cm³/mol. The molecule has 1 aliphatic rings. The van der Waals surface area contributed by atoms with Crippen LogP contribution in [-0.4, -0.2) is 33.0 Å². The quantitative estimate of drug-likeness (QED) is 0.805. The first-order valence-corrected chi connectivity index (χ1v) is 7.74. The monoisotopic (exact) mass is 297 g/mol. The summed E-state index contributed by atoms with van der Waals surface area (Å²) in [6.45, 7) is 6.18. The van der Waals surface area contributed by atoms with E-state index in [1.165, 1.54) is 0 Å². The molecular weight excluding hydrogens is 278 g/mol. The second kappa shape index (κ2) is 5.21. The molecule has 0 saturated carbocycles. The van der Waals surface area contributed by atoms with Crippen molar-refractivity contribution in [2.45, 2.75) is 32.2 Å². The van der Waals surface area contributed by atoms with Gasteiger partial charge in [-0.2, -0.15) is 10.1 Å². The summed E-state index contributed by atoms with van der Waals surface area (Å²) in [4.78, 5) is 4.58. The molecule has 1 fully saturated rings. The molecule has 1 unspecified atom stereocenters. The maximum Gasteiger partial charge on any atom is 0.231 e. The Balaban J connectivity index is 1.72.